The molecule has 0 heterocycles. The second-order valence-corrected chi connectivity index (χ2v) is 4.01. The molecule has 0 amide bonds. The highest BCUT2D eigenvalue weighted by Crippen LogP contribution is 2.32. The van der Waals surface area contributed by atoms with Crippen LogP contribution in [0.15, 0.2) is 18.2 Å². The lowest BCUT2D eigenvalue weighted by molar-refractivity contribution is 0.129. The molecule has 96 valence electrons. The number of benzene rings is 1. The van der Waals surface area contributed by atoms with Gasteiger partial charge in [-0.3, -0.25) is 0 Å². The molecule has 2 N–H and O–H groups in total. The van der Waals surface area contributed by atoms with E-state index in [0.717, 1.165) is 12.0 Å². The first-order chi connectivity index (χ1) is 8.11. The summed E-state index contributed by atoms with van der Waals surface area (Å²) in [5.74, 6) is 1.39. The molecule has 0 spiro atoms. The lowest BCUT2D eigenvalue weighted by Crippen LogP contribution is -2.40. The van der Waals surface area contributed by atoms with Gasteiger partial charge < -0.3 is 19.9 Å². The van der Waals surface area contributed by atoms with E-state index in [9.17, 15) is 0 Å². The van der Waals surface area contributed by atoms with E-state index in [4.69, 9.17) is 19.9 Å². The largest absolute Gasteiger partial charge is 0.493 e. The molecule has 0 fully saturated rings. The van der Waals surface area contributed by atoms with Gasteiger partial charge in [-0.1, -0.05) is 13.0 Å². The molecule has 0 aromatic heterocycles. The summed E-state index contributed by atoms with van der Waals surface area (Å²) < 4.78 is 15.7. The van der Waals surface area contributed by atoms with Crippen molar-refractivity contribution >= 4 is 0 Å². The van der Waals surface area contributed by atoms with Gasteiger partial charge >= 0.3 is 0 Å². The monoisotopic (exact) mass is 239 g/mol. The first-order valence-corrected chi connectivity index (χ1v) is 5.61. The van der Waals surface area contributed by atoms with Crippen molar-refractivity contribution in [2.45, 2.75) is 18.9 Å². The summed E-state index contributed by atoms with van der Waals surface area (Å²) in [4.78, 5) is 0. The van der Waals surface area contributed by atoms with Crippen molar-refractivity contribution in [3.63, 3.8) is 0 Å². The van der Waals surface area contributed by atoms with Crippen LogP contribution in [0.3, 0.4) is 0 Å². The van der Waals surface area contributed by atoms with Crippen molar-refractivity contribution in [2.75, 3.05) is 27.9 Å². The van der Waals surface area contributed by atoms with Crippen LogP contribution in [-0.4, -0.2) is 27.9 Å². The summed E-state index contributed by atoms with van der Waals surface area (Å²) in [5, 5.41) is 0. The molecule has 0 saturated carbocycles. The van der Waals surface area contributed by atoms with Gasteiger partial charge in [0, 0.05) is 7.11 Å². The molecule has 1 rings (SSSR count). The molecule has 0 aliphatic carbocycles. The minimum absolute atomic E-state index is 0.471. The van der Waals surface area contributed by atoms with Crippen LogP contribution in [0.5, 0.6) is 11.5 Å². The van der Waals surface area contributed by atoms with E-state index in [0.29, 0.717) is 18.1 Å². The second-order valence-electron chi connectivity index (χ2n) is 4.01. The molecule has 0 aliphatic heterocycles. The Labute approximate surface area is 103 Å². The fourth-order valence-corrected chi connectivity index (χ4v) is 1.79. The maximum atomic E-state index is 6.32. The van der Waals surface area contributed by atoms with Crippen LogP contribution in [-0.2, 0) is 10.3 Å². The molecule has 0 saturated heterocycles. The standard InChI is InChI=1S/C13H21NO3/c1-5-13(14,9-15-2)10-6-7-11(16-3)12(8-10)17-4/h6-8H,5,9,14H2,1-4H3. The van der Waals surface area contributed by atoms with Crippen LogP contribution < -0.4 is 15.2 Å². The van der Waals surface area contributed by atoms with Gasteiger partial charge in [-0.15, -0.1) is 0 Å². The molecule has 0 radical (unpaired) electrons. The minimum Gasteiger partial charge on any atom is -0.493 e. The summed E-state index contributed by atoms with van der Waals surface area (Å²) in [6.45, 7) is 2.51. The van der Waals surface area contributed by atoms with E-state index < -0.39 is 5.54 Å². The Kier molecular flexibility index (Phi) is 4.78. The van der Waals surface area contributed by atoms with E-state index in [1.807, 2.05) is 25.1 Å². The van der Waals surface area contributed by atoms with Gasteiger partial charge in [-0.25, -0.2) is 0 Å². The first kappa shape index (κ1) is 13.8. The quantitative estimate of drug-likeness (QED) is 0.824. The zero-order valence-electron chi connectivity index (χ0n) is 10.9. The van der Waals surface area contributed by atoms with Crippen LogP contribution in [0.1, 0.15) is 18.9 Å². The highest BCUT2D eigenvalue weighted by atomic mass is 16.5. The van der Waals surface area contributed by atoms with Crippen LogP contribution in [0.2, 0.25) is 0 Å². The summed E-state index contributed by atoms with van der Waals surface area (Å²) in [7, 11) is 4.88. The second kappa shape index (κ2) is 5.89. The Balaban J connectivity index is 3.13. The Bertz CT molecular complexity index is 368. The van der Waals surface area contributed by atoms with E-state index in [-0.39, 0.29) is 0 Å². The van der Waals surface area contributed by atoms with Crippen molar-refractivity contribution in [1.29, 1.82) is 0 Å². The van der Waals surface area contributed by atoms with E-state index in [1.54, 1.807) is 21.3 Å². The van der Waals surface area contributed by atoms with Crippen LogP contribution in [0, 0.1) is 0 Å². The topological polar surface area (TPSA) is 53.7 Å². The van der Waals surface area contributed by atoms with Crippen molar-refractivity contribution < 1.29 is 14.2 Å². The van der Waals surface area contributed by atoms with Crippen molar-refractivity contribution in [2.24, 2.45) is 5.73 Å². The molecule has 1 atom stereocenters. The molecular formula is C13H21NO3. The Morgan fingerprint density at radius 3 is 2.24 bits per heavy atom. The van der Waals surface area contributed by atoms with Crippen LogP contribution >= 0.6 is 0 Å². The van der Waals surface area contributed by atoms with E-state index in [1.165, 1.54) is 0 Å². The van der Waals surface area contributed by atoms with Gasteiger partial charge in [0.05, 0.1) is 26.4 Å². The Morgan fingerprint density at radius 1 is 1.12 bits per heavy atom. The van der Waals surface area contributed by atoms with Gasteiger partial charge in [0.1, 0.15) is 0 Å². The fourth-order valence-electron chi connectivity index (χ4n) is 1.79. The maximum Gasteiger partial charge on any atom is 0.161 e. The number of methoxy groups -OCH3 is 3. The van der Waals surface area contributed by atoms with Crippen molar-refractivity contribution in [3.8, 4) is 11.5 Å². The zero-order valence-corrected chi connectivity index (χ0v) is 10.9. The number of rotatable bonds is 6. The molecule has 4 heteroatoms. The number of ether oxygens (including phenoxy) is 3. The van der Waals surface area contributed by atoms with Gasteiger partial charge in [0.15, 0.2) is 11.5 Å². The zero-order chi connectivity index (χ0) is 12.9. The molecule has 1 aromatic carbocycles. The third-order valence-electron chi connectivity index (χ3n) is 2.99. The number of nitrogens with two attached hydrogens (primary N) is 1. The molecule has 1 unspecified atom stereocenters. The number of hydrogen-bond acceptors (Lipinski definition) is 4. The van der Waals surface area contributed by atoms with Crippen molar-refractivity contribution in [1.82, 2.24) is 0 Å². The van der Waals surface area contributed by atoms with E-state index >= 15 is 0 Å². The third kappa shape index (κ3) is 2.90. The average molecular weight is 239 g/mol. The average Bonchev–Trinajstić information content (AvgIpc) is 2.38. The molecule has 0 bridgehead atoms. The van der Waals surface area contributed by atoms with Crippen molar-refractivity contribution in [3.05, 3.63) is 23.8 Å². The minimum atomic E-state index is -0.492. The van der Waals surface area contributed by atoms with Crippen LogP contribution in [0.4, 0.5) is 0 Å². The SMILES string of the molecule is CCC(N)(COC)c1ccc(OC)c(OC)c1. The predicted molar refractivity (Wildman–Crippen MR) is 67.6 cm³/mol. The van der Waals surface area contributed by atoms with Gasteiger partial charge in [0.2, 0.25) is 0 Å². The Morgan fingerprint density at radius 2 is 1.76 bits per heavy atom. The van der Waals surface area contributed by atoms with Gasteiger partial charge in [-0.2, -0.15) is 0 Å². The van der Waals surface area contributed by atoms with Gasteiger partial charge in [0.25, 0.3) is 0 Å². The maximum absolute atomic E-state index is 6.32. The number of hydrogen-bond donors (Lipinski definition) is 1. The summed E-state index contributed by atoms with van der Waals surface area (Å²) in [6, 6.07) is 5.71. The smallest absolute Gasteiger partial charge is 0.161 e. The molecule has 0 aliphatic rings. The lowest BCUT2D eigenvalue weighted by Gasteiger charge is -2.28. The predicted octanol–water partition coefficient (Wildman–Crippen LogP) is 1.91. The molecule has 4 nitrogen and oxygen atoms in total. The summed E-state index contributed by atoms with van der Waals surface area (Å²) >= 11 is 0. The molecular weight excluding hydrogens is 218 g/mol. The van der Waals surface area contributed by atoms with Crippen LogP contribution in [0.25, 0.3) is 0 Å². The molecule has 17 heavy (non-hydrogen) atoms. The normalized spacial score (nSPS) is 14.2. The summed E-state index contributed by atoms with van der Waals surface area (Å²) in [5.41, 5.74) is 6.82. The first-order valence-electron chi connectivity index (χ1n) is 5.61. The third-order valence-corrected chi connectivity index (χ3v) is 2.99. The highest BCUT2D eigenvalue weighted by molar-refractivity contribution is 5.45. The fraction of sp³-hybridized carbons (Fsp3) is 0.538. The Hall–Kier alpha value is -1.26. The summed E-state index contributed by atoms with van der Waals surface area (Å²) in [6.07, 6.45) is 0.788. The molecule has 1 aromatic rings. The van der Waals surface area contributed by atoms with E-state index in [2.05, 4.69) is 0 Å². The van der Waals surface area contributed by atoms with Gasteiger partial charge in [-0.05, 0) is 24.1 Å². The highest BCUT2D eigenvalue weighted by Gasteiger charge is 2.26. The lowest BCUT2D eigenvalue weighted by atomic mass is 9.89.